The molecule has 1 aromatic heterocycles. The van der Waals surface area contributed by atoms with Gasteiger partial charge in [-0.3, -0.25) is 4.79 Å². The number of carbonyl (C=O) groups excluding carboxylic acids is 1. The number of hydrogen-bond donors (Lipinski definition) is 1. The van der Waals surface area contributed by atoms with Crippen LogP contribution < -0.4 is 10.2 Å². The number of benzene rings is 2. The minimum absolute atomic E-state index is 0.0814. The van der Waals surface area contributed by atoms with Gasteiger partial charge in [0.2, 0.25) is 0 Å². The van der Waals surface area contributed by atoms with Crippen LogP contribution in [0.1, 0.15) is 26.6 Å². The number of hydrogen-bond acceptors (Lipinski definition) is 6. The molecule has 162 valence electrons. The lowest BCUT2D eigenvalue weighted by Crippen LogP contribution is -2.44. The molecule has 1 N–H and O–H groups in total. The van der Waals surface area contributed by atoms with E-state index in [1.807, 2.05) is 37.3 Å². The maximum absolute atomic E-state index is 12.7. The van der Waals surface area contributed by atoms with Crippen LogP contribution in [0.5, 0.6) is 0 Å². The van der Waals surface area contributed by atoms with Crippen molar-refractivity contribution in [3.05, 3.63) is 69.7 Å². The van der Waals surface area contributed by atoms with Crippen molar-refractivity contribution in [2.75, 3.05) is 43.4 Å². The molecular formula is C24H28N4OS2. The number of aryl methyl sites for hydroxylation is 2. The summed E-state index contributed by atoms with van der Waals surface area (Å²) in [6.45, 7) is 8.30. The minimum atomic E-state index is -0.0814. The van der Waals surface area contributed by atoms with E-state index in [-0.39, 0.29) is 5.91 Å². The number of nitrogens with one attached hydrogen (secondary N) is 1. The number of thioether (sulfide) groups is 1. The first-order chi connectivity index (χ1) is 15.0. The Bertz CT molecular complexity index is 1040. The van der Waals surface area contributed by atoms with E-state index < -0.39 is 0 Å². The summed E-state index contributed by atoms with van der Waals surface area (Å²) < 4.78 is 0. The van der Waals surface area contributed by atoms with Gasteiger partial charge in [-0.25, -0.2) is 4.98 Å². The summed E-state index contributed by atoms with van der Waals surface area (Å²) in [5.41, 5.74) is 4.93. The van der Waals surface area contributed by atoms with Gasteiger partial charge in [-0.15, -0.1) is 23.1 Å². The highest BCUT2D eigenvalue weighted by atomic mass is 32.2. The van der Waals surface area contributed by atoms with Gasteiger partial charge in [0, 0.05) is 59.1 Å². The van der Waals surface area contributed by atoms with Crippen LogP contribution in [0, 0.1) is 13.8 Å². The highest BCUT2D eigenvalue weighted by molar-refractivity contribution is 7.98. The quantitative estimate of drug-likeness (QED) is 0.530. The maximum Gasteiger partial charge on any atom is 0.255 e. The smallest absolute Gasteiger partial charge is 0.255 e. The largest absolute Gasteiger partial charge is 0.369 e. The summed E-state index contributed by atoms with van der Waals surface area (Å²) in [6.07, 6.45) is 0. The molecule has 0 spiro atoms. The predicted molar refractivity (Wildman–Crippen MR) is 132 cm³/mol. The topological polar surface area (TPSA) is 48.5 Å². The second kappa shape index (κ2) is 9.85. The Morgan fingerprint density at radius 2 is 1.84 bits per heavy atom. The molecule has 1 aliphatic rings. The van der Waals surface area contributed by atoms with Gasteiger partial charge >= 0.3 is 0 Å². The van der Waals surface area contributed by atoms with Crippen LogP contribution in [0.25, 0.3) is 0 Å². The van der Waals surface area contributed by atoms with Crippen molar-refractivity contribution < 1.29 is 4.79 Å². The van der Waals surface area contributed by atoms with Crippen LogP contribution >= 0.6 is 23.1 Å². The van der Waals surface area contributed by atoms with Crippen LogP contribution in [-0.2, 0) is 5.75 Å². The third kappa shape index (κ3) is 5.67. The first-order valence-corrected chi connectivity index (χ1v) is 12.3. The Morgan fingerprint density at radius 3 is 2.48 bits per heavy atom. The van der Waals surface area contributed by atoms with E-state index in [2.05, 4.69) is 51.6 Å². The first kappa shape index (κ1) is 21.9. The fourth-order valence-corrected chi connectivity index (χ4v) is 5.09. The Balaban J connectivity index is 1.35. The molecule has 0 unspecified atom stereocenters. The van der Waals surface area contributed by atoms with Crippen molar-refractivity contribution in [3.63, 3.8) is 0 Å². The number of rotatable bonds is 6. The lowest BCUT2D eigenvalue weighted by atomic mass is 10.1. The van der Waals surface area contributed by atoms with Crippen LogP contribution in [0.15, 0.2) is 52.7 Å². The molecule has 3 aromatic rings. The van der Waals surface area contributed by atoms with Gasteiger partial charge in [0.15, 0.2) is 0 Å². The molecule has 0 radical (unpaired) electrons. The van der Waals surface area contributed by atoms with Gasteiger partial charge in [-0.2, -0.15) is 0 Å². The second-order valence-electron chi connectivity index (χ2n) is 7.91. The third-order valence-corrected chi connectivity index (χ3v) is 7.36. The van der Waals surface area contributed by atoms with Gasteiger partial charge in [-0.05, 0) is 68.9 Å². The third-order valence-electron chi connectivity index (χ3n) is 5.50. The highest BCUT2D eigenvalue weighted by Crippen LogP contribution is 2.26. The lowest BCUT2D eigenvalue weighted by molar-refractivity contribution is 0.102. The lowest BCUT2D eigenvalue weighted by Gasteiger charge is -2.34. The number of aromatic nitrogens is 1. The normalized spacial score (nSPS) is 14.6. The summed E-state index contributed by atoms with van der Waals surface area (Å²) in [5.74, 6) is 0.761. The van der Waals surface area contributed by atoms with Crippen molar-refractivity contribution >= 4 is 40.4 Å². The molecule has 2 heterocycles. The van der Waals surface area contributed by atoms with Gasteiger partial charge < -0.3 is 15.1 Å². The molecule has 0 saturated carbocycles. The van der Waals surface area contributed by atoms with Crippen molar-refractivity contribution in [1.82, 2.24) is 9.88 Å². The molecule has 2 aromatic carbocycles. The monoisotopic (exact) mass is 452 g/mol. The Kier molecular flexibility index (Phi) is 6.95. The van der Waals surface area contributed by atoms with Crippen LogP contribution in [0.4, 0.5) is 11.4 Å². The molecular weight excluding hydrogens is 424 g/mol. The van der Waals surface area contributed by atoms with Gasteiger partial charge in [-0.1, -0.05) is 0 Å². The number of piperazine rings is 1. The number of amides is 1. The molecule has 0 atom stereocenters. The van der Waals surface area contributed by atoms with Crippen molar-refractivity contribution in [3.8, 4) is 0 Å². The SMILES string of the molecule is Cc1nc(CSc2ccc(C(=O)Nc3ccc(N4CCN(C)CC4)cc3C)cc2)cs1. The molecule has 31 heavy (non-hydrogen) atoms. The van der Waals surface area contributed by atoms with Crippen molar-refractivity contribution in [1.29, 1.82) is 0 Å². The first-order valence-electron chi connectivity index (χ1n) is 10.5. The summed E-state index contributed by atoms with van der Waals surface area (Å²) in [7, 11) is 2.16. The fourth-order valence-electron chi connectivity index (χ4n) is 3.58. The predicted octanol–water partition coefficient (Wildman–Crippen LogP) is 5.06. The molecule has 4 rings (SSSR count). The summed E-state index contributed by atoms with van der Waals surface area (Å²) in [6, 6.07) is 14.1. The van der Waals surface area contributed by atoms with Gasteiger partial charge in [0.05, 0.1) is 10.7 Å². The van der Waals surface area contributed by atoms with E-state index in [0.717, 1.165) is 58.8 Å². The van der Waals surface area contributed by atoms with Crippen LogP contribution in [-0.4, -0.2) is 49.0 Å². The van der Waals surface area contributed by atoms with E-state index in [9.17, 15) is 4.79 Å². The van der Waals surface area contributed by atoms with Crippen LogP contribution in [0.2, 0.25) is 0 Å². The number of thiazole rings is 1. The maximum atomic E-state index is 12.7. The number of anilines is 2. The molecule has 1 aliphatic heterocycles. The summed E-state index contributed by atoms with van der Waals surface area (Å²) in [5, 5.41) is 6.25. The average molecular weight is 453 g/mol. The minimum Gasteiger partial charge on any atom is -0.369 e. The molecule has 0 bridgehead atoms. The highest BCUT2D eigenvalue weighted by Gasteiger charge is 2.15. The Hall–Kier alpha value is -2.35. The van der Waals surface area contributed by atoms with E-state index in [1.165, 1.54) is 5.69 Å². The van der Waals surface area contributed by atoms with E-state index in [1.54, 1.807) is 23.1 Å². The Labute approximate surface area is 192 Å². The molecule has 1 saturated heterocycles. The number of carbonyl (C=O) groups is 1. The van der Waals surface area contributed by atoms with E-state index >= 15 is 0 Å². The van der Waals surface area contributed by atoms with E-state index in [4.69, 9.17) is 0 Å². The zero-order valence-electron chi connectivity index (χ0n) is 18.2. The standard InChI is InChI=1S/C24H28N4OS2/c1-17-14-21(28-12-10-27(3)11-13-28)6-9-23(17)26-24(29)19-4-7-22(8-5-19)31-16-20-15-30-18(2)25-20/h4-9,14-15H,10-13,16H2,1-3H3,(H,26,29). The summed E-state index contributed by atoms with van der Waals surface area (Å²) in [4.78, 5) is 23.1. The zero-order chi connectivity index (χ0) is 21.8. The average Bonchev–Trinajstić information content (AvgIpc) is 3.19. The Morgan fingerprint density at radius 1 is 1.10 bits per heavy atom. The molecule has 5 nitrogen and oxygen atoms in total. The van der Waals surface area contributed by atoms with Crippen molar-refractivity contribution in [2.45, 2.75) is 24.5 Å². The second-order valence-corrected chi connectivity index (χ2v) is 10.0. The molecule has 7 heteroatoms. The fraction of sp³-hybridized carbons (Fsp3) is 0.333. The molecule has 1 amide bonds. The number of nitrogens with zero attached hydrogens (tertiary/aromatic N) is 3. The summed E-state index contributed by atoms with van der Waals surface area (Å²) >= 11 is 3.41. The van der Waals surface area contributed by atoms with Gasteiger partial charge in [0.25, 0.3) is 5.91 Å². The molecule has 1 fully saturated rings. The molecule has 0 aliphatic carbocycles. The van der Waals surface area contributed by atoms with Gasteiger partial charge in [0.1, 0.15) is 0 Å². The zero-order valence-corrected chi connectivity index (χ0v) is 19.9. The number of likely N-dealkylation sites (N-methyl/N-ethyl adjacent to an activating group) is 1. The van der Waals surface area contributed by atoms with Crippen molar-refractivity contribution in [2.24, 2.45) is 0 Å². The van der Waals surface area contributed by atoms with Crippen LogP contribution in [0.3, 0.4) is 0 Å². The van der Waals surface area contributed by atoms with E-state index in [0.29, 0.717) is 5.56 Å².